The molecule has 0 saturated carbocycles. The summed E-state index contributed by atoms with van der Waals surface area (Å²) >= 11 is 0. The van der Waals surface area contributed by atoms with E-state index < -0.39 is 17.5 Å². The fourth-order valence-electron chi connectivity index (χ4n) is 4.91. The number of aryl methyl sites for hydroxylation is 1. The SMILES string of the molecule is COC1CC2COCCN2c2cc(-c3cc(NC(=O)c4ccnc(C(C)(F)F)c4)cnc3C)ccc21. The van der Waals surface area contributed by atoms with Gasteiger partial charge in [-0.15, -0.1) is 0 Å². The Balaban J connectivity index is 1.45. The molecule has 0 radical (unpaired) electrons. The van der Waals surface area contributed by atoms with Crippen molar-refractivity contribution in [3.63, 3.8) is 0 Å². The molecule has 1 fully saturated rings. The van der Waals surface area contributed by atoms with Crippen LogP contribution in [0.1, 0.15) is 46.8 Å². The molecule has 2 unspecified atom stereocenters. The van der Waals surface area contributed by atoms with Crippen LogP contribution in [0.25, 0.3) is 11.1 Å². The van der Waals surface area contributed by atoms with Crippen LogP contribution in [0.3, 0.4) is 0 Å². The maximum absolute atomic E-state index is 13.7. The molecular weight excluding hydrogens is 466 g/mol. The number of rotatable bonds is 5. The molecule has 4 heterocycles. The Labute approximate surface area is 208 Å². The van der Waals surface area contributed by atoms with E-state index in [2.05, 4.69) is 32.3 Å². The van der Waals surface area contributed by atoms with Crippen LogP contribution in [0.2, 0.25) is 0 Å². The van der Waals surface area contributed by atoms with Crippen molar-refractivity contribution >= 4 is 17.3 Å². The highest BCUT2D eigenvalue weighted by Gasteiger charge is 2.35. The van der Waals surface area contributed by atoms with E-state index in [1.54, 1.807) is 13.3 Å². The van der Waals surface area contributed by atoms with Crippen molar-refractivity contribution in [3.05, 3.63) is 71.3 Å². The van der Waals surface area contributed by atoms with Crippen molar-refractivity contribution in [1.82, 2.24) is 9.97 Å². The number of benzene rings is 1. The molecule has 2 atom stereocenters. The lowest BCUT2D eigenvalue weighted by atomic mass is 9.90. The molecule has 36 heavy (non-hydrogen) atoms. The standard InChI is InChI=1S/C27H28F2N4O3/c1-16-22(12-19(14-31-16)32-26(34)18-6-7-30-25(11-18)27(2,28)29)17-4-5-21-23(10-17)33-8-9-36-15-20(33)13-24(21)35-3/h4-7,10-12,14,20,24H,8-9,13,15H2,1-3H3,(H,32,34). The second kappa shape index (κ2) is 9.55. The fraction of sp³-hybridized carbons (Fsp3) is 0.370. The topological polar surface area (TPSA) is 76.6 Å². The molecule has 1 N–H and O–H groups in total. The second-order valence-electron chi connectivity index (χ2n) is 9.28. The van der Waals surface area contributed by atoms with E-state index >= 15 is 0 Å². The van der Waals surface area contributed by atoms with Gasteiger partial charge in [0.15, 0.2) is 0 Å². The molecule has 2 aromatic heterocycles. The third kappa shape index (κ3) is 4.68. The molecule has 3 aromatic rings. The van der Waals surface area contributed by atoms with E-state index in [9.17, 15) is 13.6 Å². The van der Waals surface area contributed by atoms with E-state index in [0.717, 1.165) is 54.0 Å². The Morgan fingerprint density at radius 2 is 2.06 bits per heavy atom. The number of aromatic nitrogens is 2. The quantitative estimate of drug-likeness (QED) is 0.531. The zero-order valence-corrected chi connectivity index (χ0v) is 20.4. The molecule has 1 saturated heterocycles. The van der Waals surface area contributed by atoms with Crippen LogP contribution >= 0.6 is 0 Å². The summed E-state index contributed by atoms with van der Waals surface area (Å²) in [5.41, 5.74) is 5.03. The van der Waals surface area contributed by atoms with Gasteiger partial charge in [0, 0.05) is 61.3 Å². The van der Waals surface area contributed by atoms with Gasteiger partial charge >= 0.3 is 0 Å². The van der Waals surface area contributed by atoms with Crippen LogP contribution in [-0.4, -0.2) is 48.8 Å². The fourth-order valence-corrected chi connectivity index (χ4v) is 4.91. The number of morpholine rings is 1. The van der Waals surface area contributed by atoms with Crippen LogP contribution in [-0.2, 0) is 15.4 Å². The first-order valence-electron chi connectivity index (χ1n) is 11.9. The largest absolute Gasteiger partial charge is 0.377 e. The van der Waals surface area contributed by atoms with E-state index in [4.69, 9.17) is 9.47 Å². The van der Waals surface area contributed by atoms with E-state index in [1.807, 2.05) is 19.1 Å². The minimum atomic E-state index is -3.14. The predicted molar refractivity (Wildman–Crippen MR) is 132 cm³/mol. The van der Waals surface area contributed by atoms with Gasteiger partial charge in [0.2, 0.25) is 0 Å². The van der Waals surface area contributed by atoms with Gasteiger partial charge in [0.1, 0.15) is 5.69 Å². The van der Waals surface area contributed by atoms with Gasteiger partial charge in [0.05, 0.1) is 37.2 Å². The molecule has 7 nitrogen and oxygen atoms in total. The van der Waals surface area contributed by atoms with Gasteiger partial charge in [-0.25, -0.2) is 0 Å². The van der Waals surface area contributed by atoms with E-state index in [-0.39, 0.29) is 17.7 Å². The van der Waals surface area contributed by atoms with Gasteiger partial charge in [0.25, 0.3) is 11.8 Å². The molecule has 0 spiro atoms. The monoisotopic (exact) mass is 494 g/mol. The number of hydrogen-bond acceptors (Lipinski definition) is 6. The highest BCUT2D eigenvalue weighted by Crippen LogP contribution is 2.42. The lowest BCUT2D eigenvalue weighted by molar-refractivity contribution is 0.0127. The molecule has 5 rings (SSSR count). The Morgan fingerprint density at radius 1 is 1.22 bits per heavy atom. The van der Waals surface area contributed by atoms with Gasteiger partial charge in [-0.2, -0.15) is 8.78 Å². The summed E-state index contributed by atoms with van der Waals surface area (Å²) in [5, 5.41) is 2.78. The minimum absolute atomic E-state index is 0.00240. The average Bonchev–Trinajstić information content (AvgIpc) is 2.88. The second-order valence-corrected chi connectivity index (χ2v) is 9.28. The summed E-state index contributed by atoms with van der Waals surface area (Å²) in [6.45, 7) is 4.83. The lowest BCUT2D eigenvalue weighted by Gasteiger charge is -2.44. The third-order valence-electron chi connectivity index (χ3n) is 6.81. The van der Waals surface area contributed by atoms with Crippen molar-refractivity contribution in [2.45, 2.75) is 38.3 Å². The maximum atomic E-state index is 13.7. The molecule has 0 bridgehead atoms. The number of fused-ring (bicyclic) bond motifs is 3. The number of nitrogens with zero attached hydrogens (tertiary/aromatic N) is 3. The Bertz CT molecular complexity index is 1290. The number of hydrogen-bond donors (Lipinski definition) is 1. The zero-order valence-electron chi connectivity index (χ0n) is 20.4. The molecule has 9 heteroatoms. The van der Waals surface area contributed by atoms with Gasteiger partial charge < -0.3 is 19.7 Å². The molecule has 1 aromatic carbocycles. The smallest absolute Gasteiger partial charge is 0.286 e. The summed E-state index contributed by atoms with van der Waals surface area (Å²) in [7, 11) is 1.73. The molecule has 188 valence electrons. The highest BCUT2D eigenvalue weighted by molar-refractivity contribution is 6.04. The Hall–Kier alpha value is -3.43. The lowest BCUT2D eigenvalue weighted by Crippen LogP contribution is -2.49. The minimum Gasteiger partial charge on any atom is -0.377 e. The summed E-state index contributed by atoms with van der Waals surface area (Å²) < 4.78 is 38.8. The van der Waals surface area contributed by atoms with Crippen molar-refractivity contribution in [1.29, 1.82) is 0 Å². The average molecular weight is 495 g/mol. The molecule has 1 amide bonds. The van der Waals surface area contributed by atoms with Crippen LogP contribution in [0.4, 0.5) is 20.2 Å². The summed E-state index contributed by atoms with van der Waals surface area (Å²) in [4.78, 5) is 23.3. The number of ether oxygens (including phenoxy) is 2. The van der Waals surface area contributed by atoms with Gasteiger partial charge in [-0.1, -0.05) is 12.1 Å². The van der Waals surface area contributed by atoms with Crippen LogP contribution < -0.4 is 10.2 Å². The number of nitrogens with one attached hydrogen (secondary N) is 1. The van der Waals surface area contributed by atoms with Crippen LogP contribution in [0, 0.1) is 6.92 Å². The normalized spacial score (nSPS) is 19.4. The number of anilines is 2. The number of halogens is 2. The molecular formula is C27H28F2N4O3. The van der Waals surface area contributed by atoms with Crippen molar-refractivity contribution < 1.29 is 23.0 Å². The number of amides is 1. The van der Waals surface area contributed by atoms with Crippen LogP contribution in [0.15, 0.2) is 48.8 Å². The number of alkyl halides is 2. The van der Waals surface area contributed by atoms with Crippen LogP contribution in [0.5, 0.6) is 0 Å². The predicted octanol–water partition coefficient (Wildman–Crippen LogP) is 5.11. The maximum Gasteiger partial charge on any atom is 0.286 e. The molecule has 2 aliphatic rings. The first-order chi connectivity index (χ1) is 17.2. The number of pyridine rings is 2. The summed E-state index contributed by atoms with van der Waals surface area (Å²) in [6.07, 6.45) is 3.65. The van der Waals surface area contributed by atoms with E-state index in [0.29, 0.717) is 18.9 Å². The van der Waals surface area contributed by atoms with Crippen molar-refractivity contribution in [2.24, 2.45) is 0 Å². The first-order valence-corrected chi connectivity index (χ1v) is 11.9. The van der Waals surface area contributed by atoms with Gasteiger partial charge in [-0.3, -0.25) is 14.8 Å². The number of carbonyl (C=O) groups excluding carboxylic acids is 1. The first kappa shape index (κ1) is 24.3. The van der Waals surface area contributed by atoms with E-state index in [1.165, 1.54) is 12.3 Å². The highest BCUT2D eigenvalue weighted by atomic mass is 19.3. The summed E-state index contributed by atoms with van der Waals surface area (Å²) in [6, 6.07) is 10.9. The number of carbonyl (C=O) groups is 1. The van der Waals surface area contributed by atoms with Crippen molar-refractivity contribution in [3.8, 4) is 11.1 Å². The van der Waals surface area contributed by atoms with Gasteiger partial charge in [-0.05, 0) is 36.8 Å². The summed E-state index contributed by atoms with van der Waals surface area (Å²) in [5.74, 6) is -3.65. The Morgan fingerprint density at radius 3 is 2.83 bits per heavy atom. The zero-order chi connectivity index (χ0) is 25.4. The third-order valence-corrected chi connectivity index (χ3v) is 6.81. The molecule has 2 aliphatic heterocycles. The molecule has 0 aliphatic carbocycles. The number of methoxy groups -OCH3 is 1. The van der Waals surface area contributed by atoms with Crippen molar-refractivity contribution in [2.75, 3.05) is 37.1 Å². The Kier molecular flexibility index (Phi) is 6.44.